The number of hydrogen-bond acceptors (Lipinski definition) is 4. The number of nitrogens with zero attached hydrogens (tertiary/aromatic N) is 2. The van der Waals surface area contributed by atoms with Crippen molar-refractivity contribution in [2.45, 2.75) is 6.61 Å². The topological polar surface area (TPSA) is 87.0 Å². The maximum absolute atomic E-state index is 12.7. The van der Waals surface area contributed by atoms with E-state index in [2.05, 4.69) is 31.1 Å². The van der Waals surface area contributed by atoms with Gasteiger partial charge < -0.3 is 14.8 Å². The zero-order chi connectivity index (χ0) is 22.0. The Kier molecular flexibility index (Phi) is 6.27. The number of amides is 1. The van der Waals surface area contributed by atoms with Crippen LogP contribution in [0, 0.1) is 0 Å². The van der Waals surface area contributed by atoms with Crippen molar-refractivity contribution >= 4 is 61.6 Å². The van der Waals surface area contributed by atoms with Crippen molar-refractivity contribution in [1.82, 2.24) is 4.98 Å². The van der Waals surface area contributed by atoms with Crippen molar-refractivity contribution in [1.29, 1.82) is 0 Å². The molecular weight excluding hydrogens is 505 g/mol. The van der Waals surface area contributed by atoms with Crippen LogP contribution in [0.3, 0.4) is 0 Å². The van der Waals surface area contributed by atoms with E-state index in [1.807, 2.05) is 6.07 Å². The molecular formula is C22H14BrCl2N3O3. The second-order valence-corrected chi connectivity index (χ2v) is 8.30. The van der Waals surface area contributed by atoms with Crippen LogP contribution in [0.25, 0.3) is 10.9 Å². The third-order valence-corrected chi connectivity index (χ3v) is 5.55. The highest BCUT2D eigenvalue weighted by Crippen LogP contribution is 2.37. The highest BCUT2D eigenvalue weighted by atomic mass is 79.9. The van der Waals surface area contributed by atoms with Crippen molar-refractivity contribution in [3.05, 3.63) is 86.3 Å². The Labute approximate surface area is 195 Å². The van der Waals surface area contributed by atoms with E-state index in [1.54, 1.807) is 54.6 Å². The molecule has 0 fully saturated rings. The van der Waals surface area contributed by atoms with Gasteiger partial charge in [-0.25, -0.2) is 0 Å². The predicted molar refractivity (Wildman–Crippen MR) is 124 cm³/mol. The molecule has 1 aromatic heterocycles. The summed E-state index contributed by atoms with van der Waals surface area (Å²) in [6, 6.07) is 17.2. The predicted octanol–water partition coefficient (Wildman–Crippen LogP) is 7.45. The fraction of sp³-hybridized carbons (Fsp3) is 0.0455. The van der Waals surface area contributed by atoms with Gasteiger partial charge >= 0.3 is 0 Å². The number of H-pyrrole nitrogens is 1. The van der Waals surface area contributed by atoms with E-state index >= 15 is 0 Å². The number of fused-ring (bicyclic) bond motifs is 1. The minimum absolute atomic E-state index is 0.148. The second-order valence-electron chi connectivity index (χ2n) is 6.54. The Balaban J connectivity index is 1.57. The highest BCUT2D eigenvalue weighted by molar-refractivity contribution is 9.10. The van der Waals surface area contributed by atoms with Gasteiger partial charge in [-0.2, -0.15) is 0 Å². The molecule has 0 aliphatic rings. The smallest absolute Gasteiger partial charge is 0.299 e. The average Bonchev–Trinajstić information content (AvgIpc) is 3.06. The molecule has 9 heteroatoms. The summed E-state index contributed by atoms with van der Waals surface area (Å²) in [7, 11) is 0. The summed E-state index contributed by atoms with van der Waals surface area (Å²) in [5.74, 6) is -0.448. The molecule has 0 spiro atoms. The van der Waals surface area contributed by atoms with Crippen molar-refractivity contribution in [2.24, 2.45) is 10.2 Å². The molecule has 0 aliphatic heterocycles. The number of aromatic hydroxyl groups is 1. The molecule has 4 aromatic rings. The average molecular weight is 519 g/mol. The Bertz CT molecular complexity index is 1320. The zero-order valence-corrected chi connectivity index (χ0v) is 18.9. The molecule has 156 valence electrons. The maximum Gasteiger partial charge on any atom is 0.299 e. The summed E-state index contributed by atoms with van der Waals surface area (Å²) in [5, 5.41) is 19.5. The van der Waals surface area contributed by atoms with Crippen LogP contribution in [0.2, 0.25) is 10.0 Å². The van der Waals surface area contributed by atoms with Gasteiger partial charge in [0.05, 0.1) is 11.1 Å². The first-order valence-electron chi connectivity index (χ1n) is 9.04. The minimum atomic E-state index is -0.610. The van der Waals surface area contributed by atoms with Gasteiger partial charge in [0.25, 0.3) is 5.91 Å². The van der Waals surface area contributed by atoms with Crippen molar-refractivity contribution in [3.8, 4) is 11.6 Å². The molecule has 0 bridgehead atoms. The lowest BCUT2D eigenvalue weighted by molar-refractivity contribution is 0.0990. The summed E-state index contributed by atoms with van der Waals surface area (Å²) in [6.07, 6.45) is 0. The van der Waals surface area contributed by atoms with Gasteiger partial charge in [0.1, 0.15) is 12.4 Å². The van der Waals surface area contributed by atoms with Crippen LogP contribution in [0.4, 0.5) is 5.69 Å². The monoisotopic (exact) mass is 517 g/mol. The summed E-state index contributed by atoms with van der Waals surface area (Å²) in [4.78, 5) is 15.5. The zero-order valence-electron chi connectivity index (χ0n) is 15.8. The number of hydrogen-bond donors (Lipinski definition) is 2. The molecule has 31 heavy (non-hydrogen) atoms. The summed E-state index contributed by atoms with van der Waals surface area (Å²) in [5.41, 5.74) is 1.81. The van der Waals surface area contributed by atoms with Crippen LogP contribution < -0.4 is 4.74 Å². The Morgan fingerprint density at radius 1 is 1.10 bits per heavy atom. The van der Waals surface area contributed by atoms with Gasteiger partial charge in [0.15, 0.2) is 5.69 Å². The van der Waals surface area contributed by atoms with Crippen LogP contribution in [-0.4, -0.2) is 16.0 Å². The number of halogens is 3. The van der Waals surface area contributed by atoms with Crippen molar-refractivity contribution in [2.75, 3.05) is 0 Å². The van der Waals surface area contributed by atoms with E-state index in [9.17, 15) is 9.90 Å². The van der Waals surface area contributed by atoms with Gasteiger partial charge in [-0.15, -0.1) is 10.2 Å². The second kappa shape index (κ2) is 9.09. The third kappa shape index (κ3) is 4.74. The lowest BCUT2D eigenvalue weighted by Gasteiger charge is -2.10. The van der Waals surface area contributed by atoms with E-state index < -0.39 is 5.91 Å². The molecule has 4 rings (SSSR count). The number of nitrogens with one attached hydrogen (secondary N) is 1. The molecule has 2 N–H and O–H groups in total. The van der Waals surface area contributed by atoms with Crippen molar-refractivity contribution < 1.29 is 14.6 Å². The van der Waals surface area contributed by atoms with Crippen LogP contribution in [0.1, 0.15) is 15.9 Å². The van der Waals surface area contributed by atoms with Gasteiger partial charge in [-0.3, -0.25) is 4.79 Å². The lowest BCUT2D eigenvalue weighted by atomic mass is 10.2. The fourth-order valence-corrected chi connectivity index (χ4v) is 3.77. The normalized spacial score (nSPS) is 11.3. The van der Waals surface area contributed by atoms with E-state index in [4.69, 9.17) is 27.9 Å². The molecule has 0 radical (unpaired) electrons. The number of aromatic nitrogens is 1. The van der Waals surface area contributed by atoms with Crippen molar-refractivity contribution in [3.63, 3.8) is 0 Å². The van der Waals surface area contributed by atoms with Crippen LogP contribution in [0.15, 0.2) is 75.4 Å². The van der Waals surface area contributed by atoms with E-state index in [0.717, 1.165) is 10.0 Å². The number of carbonyl (C=O) groups excluding carboxylic acids is 1. The molecule has 6 nitrogen and oxygen atoms in total. The first-order chi connectivity index (χ1) is 14.9. The number of azo groups is 1. The summed E-state index contributed by atoms with van der Waals surface area (Å²) >= 11 is 15.5. The molecule has 1 heterocycles. The lowest BCUT2D eigenvalue weighted by Crippen LogP contribution is -2.02. The summed E-state index contributed by atoms with van der Waals surface area (Å²) in [6.45, 7) is 0.148. The number of para-hydroxylation sites is 1. The highest BCUT2D eigenvalue weighted by Gasteiger charge is 2.15. The molecule has 0 saturated carbocycles. The van der Waals surface area contributed by atoms with Crippen LogP contribution in [-0.2, 0) is 6.61 Å². The van der Waals surface area contributed by atoms with Gasteiger partial charge in [-0.1, -0.05) is 57.3 Å². The van der Waals surface area contributed by atoms with E-state index in [-0.39, 0.29) is 23.7 Å². The van der Waals surface area contributed by atoms with Gasteiger partial charge in [0.2, 0.25) is 5.88 Å². The van der Waals surface area contributed by atoms with E-state index in [1.165, 1.54) is 0 Å². The Morgan fingerprint density at radius 3 is 2.71 bits per heavy atom. The molecule has 0 atom stereocenters. The Morgan fingerprint density at radius 2 is 1.90 bits per heavy atom. The van der Waals surface area contributed by atoms with Crippen LogP contribution in [0.5, 0.6) is 11.6 Å². The Hall–Kier alpha value is -2.87. The standard InChI is InChI=1S/C22H14BrCl2N3O3/c23-13-6-8-18-16(9-13)20(22(30)26-18)27-28-21(29)15-3-1-2-4-19(15)31-11-12-5-7-14(24)10-17(12)25/h1-10,26,30H,11H2. The molecule has 0 unspecified atom stereocenters. The molecule has 0 saturated heterocycles. The minimum Gasteiger partial charge on any atom is -0.493 e. The number of ether oxygens (including phenoxy) is 1. The number of benzene rings is 3. The number of carbonyl (C=O) groups is 1. The first-order valence-corrected chi connectivity index (χ1v) is 10.6. The largest absolute Gasteiger partial charge is 0.493 e. The van der Waals surface area contributed by atoms with Gasteiger partial charge in [0, 0.05) is 25.5 Å². The number of aromatic amines is 1. The first kappa shape index (κ1) is 21.4. The molecule has 0 aliphatic carbocycles. The van der Waals surface area contributed by atoms with Gasteiger partial charge in [-0.05, 0) is 42.5 Å². The molecule has 1 amide bonds. The number of rotatable bonds is 5. The quantitative estimate of drug-likeness (QED) is 0.269. The fourth-order valence-electron chi connectivity index (χ4n) is 2.95. The summed E-state index contributed by atoms with van der Waals surface area (Å²) < 4.78 is 6.61. The van der Waals surface area contributed by atoms with Crippen LogP contribution >= 0.6 is 39.1 Å². The third-order valence-electron chi connectivity index (χ3n) is 4.47. The van der Waals surface area contributed by atoms with E-state index in [0.29, 0.717) is 26.7 Å². The molecule has 3 aromatic carbocycles. The SMILES string of the molecule is O=C(N=Nc1c(O)[nH]c2ccc(Br)cc12)c1ccccc1OCc1ccc(Cl)cc1Cl. The maximum atomic E-state index is 12.7.